The van der Waals surface area contributed by atoms with Crippen molar-refractivity contribution in [1.82, 2.24) is 0 Å². The maximum absolute atomic E-state index is 9.75. The van der Waals surface area contributed by atoms with Gasteiger partial charge in [-0.15, -0.1) is 0 Å². The maximum atomic E-state index is 9.75. The average Bonchev–Trinajstić information content (AvgIpc) is 2.63. The van der Waals surface area contributed by atoms with E-state index in [1.54, 1.807) is 0 Å². The third-order valence-corrected chi connectivity index (χ3v) is 6.60. The molecule has 2 saturated carbocycles. The topological polar surface area (TPSA) is 33.0 Å². The van der Waals surface area contributed by atoms with Crippen molar-refractivity contribution in [3.8, 4) is 6.07 Å². The van der Waals surface area contributed by atoms with Crippen LogP contribution in [0.2, 0.25) is 0 Å². The van der Waals surface area contributed by atoms with Crippen LogP contribution in [0.25, 0.3) is 0 Å². The number of ether oxygens (including phenoxy) is 1. The molecule has 0 radical (unpaired) electrons. The van der Waals surface area contributed by atoms with Gasteiger partial charge in [-0.1, -0.05) is 52.4 Å². The number of hydrogen-bond acceptors (Lipinski definition) is 2. The molecule has 0 N–H and O–H groups in total. The average molecular weight is 334 g/mol. The summed E-state index contributed by atoms with van der Waals surface area (Å²) < 4.78 is 6.25. The molecule has 2 aliphatic carbocycles. The van der Waals surface area contributed by atoms with Gasteiger partial charge in [-0.2, -0.15) is 5.26 Å². The molecule has 24 heavy (non-hydrogen) atoms. The van der Waals surface area contributed by atoms with Gasteiger partial charge in [-0.25, -0.2) is 0 Å². The van der Waals surface area contributed by atoms with Gasteiger partial charge in [0.1, 0.15) is 0 Å². The predicted octanol–water partition coefficient (Wildman–Crippen LogP) is 6.64. The van der Waals surface area contributed by atoms with E-state index in [1.165, 1.54) is 77.0 Å². The molecule has 2 nitrogen and oxygen atoms in total. The Kier molecular flexibility index (Phi) is 8.60. The second-order valence-electron chi connectivity index (χ2n) is 8.57. The lowest BCUT2D eigenvalue weighted by Crippen LogP contribution is -2.34. The minimum Gasteiger partial charge on any atom is -0.377 e. The van der Waals surface area contributed by atoms with Gasteiger partial charge in [0.25, 0.3) is 0 Å². The van der Waals surface area contributed by atoms with Crippen LogP contribution in [-0.4, -0.2) is 12.7 Å². The normalized spacial score (nSPS) is 34.0. The smallest absolute Gasteiger partial charge is 0.0807 e. The summed E-state index contributed by atoms with van der Waals surface area (Å²) in [7, 11) is 0. The fourth-order valence-corrected chi connectivity index (χ4v) is 4.76. The maximum Gasteiger partial charge on any atom is 0.0807 e. The number of hydrogen-bond donors (Lipinski definition) is 0. The fraction of sp³-hybridized carbons (Fsp3) is 0.955. The fourth-order valence-electron chi connectivity index (χ4n) is 4.76. The summed E-state index contributed by atoms with van der Waals surface area (Å²) in [6.45, 7) is 5.25. The minimum atomic E-state index is -0.179. The summed E-state index contributed by atoms with van der Waals surface area (Å²) in [6.07, 6.45) is 18.2. The van der Waals surface area contributed by atoms with Crippen LogP contribution in [0.3, 0.4) is 0 Å². The highest BCUT2D eigenvalue weighted by Gasteiger charge is 2.36. The zero-order valence-corrected chi connectivity index (χ0v) is 16.2. The summed E-state index contributed by atoms with van der Waals surface area (Å²) in [5.41, 5.74) is -0.179. The van der Waals surface area contributed by atoms with Gasteiger partial charge in [0, 0.05) is 0 Å². The van der Waals surface area contributed by atoms with Crippen molar-refractivity contribution in [1.29, 1.82) is 5.26 Å². The van der Waals surface area contributed by atoms with Gasteiger partial charge in [0.05, 0.1) is 24.2 Å². The lowest BCUT2D eigenvalue weighted by atomic mass is 9.70. The highest BCUT2D eigenvalue weighted by Crippen LogP contribution is 2.41. The van der Waals surface area contributed by atoms with E-state index < -0.39 is 0 Å². The van der Waals surface area contributed by atoms with Crippen molar-refractivity contribution in [2.75, 3.05) is 6.61 Å². The Balaban J connectivity index is 1.68. The van der Waals surface area contributed by atoms with E-state index in [-0.39, 0.29) is 5.41 Å². The molecule has 0 heterocycles. The molecule has 0 aliphatic heterocycles. The highest BCUT2D eigenvalue weighted by atomic mass is 16.5. The SMILES string of the molecule is CCCCC[C@H]1CC[C@@](C#N)(CO[C@H]2CC[C@H](CCC)CC2)CC1. The van der Waals surface area contributed by atoms with Crippen molar-refractivity contribution in [2.45, 2.75) is 110 Å². The molecule has 2 aliphatic rings. The lowest BCUT2D eigenvalue weighted by molar-refractivity contribution is -0.0299. The summed E-state index contributed by atoms with van der Waals surface area (Å²) in [6, 6.07) is 2.65. The number of nitriles is 1. The Morgan fingerprint density at radius 1 is 0.875 bits per heavy atom. The Bertz CT molecular complexity index is 370. The van der Waals surface area contributed by atoms with Crippen molar-refractivity contribution in [3.63, 3.8) is 0 Å². The monoisotopic (exact) mass is 333 g/mol. The summed E-state index contributed by atoms with van der Waals surface area (Å²) in [4.78, 5) is 0. The van der Waals surface area contributed by atoms with E-state index in [9.17, 15) is 5.26 Å². The third kappa shape index (κ3) is 6.07. The van der Waals surface area contributed by atoms with Crippen LogP contribution in [0, 0.1) is 28.6 Å². The largest absolute Gasteiger partial charge is 0.377 e. The molecular weight excluding hydrogens is 294 g/mol. The second-order valence-corrected chi connectivity index (χ2v) is 8.57. The number of rotatable bonds is 9. The van der Waals surface area contributed by atoms with Gasteiger partial charge >= 0.3 is 0 Å². The molecule has 0 spiro atoms. The van der Waals surface area contributed by atoms with Gasteiger partial charge < -0.3 is 4.74 Å². The quantitative estimate of drug-likeness (QED) is 0.443. The van der Waals surface area contributed by atoms with Crippen molar-refractivity contribution in [3.05, 3.63) is 0 Å². The lowest BCUT2D eigenvalue weighted by Gasteiger charge is -2.37. The predicted molar refractivity (Wildman–Crippen MR) is 101 cm³/mol. The van der Waals surface area contributed by atoms with Gasteiger partial charge in [0.15, 0.2) is 0 Å². The standard InChI is InChI=1S/C22H39NO/c1-3-5-6-8-20-13-15-22(17-23,16-14-20)18-24-21-11-9-19(7-4-2)10-12-21/h19-21H,3-16,18H2,1-2H3/t19-,20-,21-,22+. The zero-order chi connectivity index (χ0) is 17.3. The van der Waals surface area contributed by atoms with Crippen LogP contribution in [0.4, 0.5) is 0 Å². The molecule has 2 rings (SSSR count). The first kappa shape index (κ1) is 19.8. The second kappa shape index (κ2) is 10.4. The Morgan fingerprint density at radius 2 is 1.54 bits per heavy atom. The molecule has 0 aromatic carbocycles. The Hall–Kier alpha value is -0.550. The first-order valence-electron chi connectivity index (χ1n) is 10.7. The minimum absolute atomic E-state index is 0.179. The van der Waals surface area contributed by atoms with E-state index in [4.69, 9.17) is 4.74 Å². The van der Waals surface area contributed by atoms with Crippen LogP contribution in [0.5, 0.6) is 0 Å². The molecule has 0 bridgehead atoms. The summed E-state index contributed by atoms with van der Waals surface area (Å²) >= 11 is 0. The third-order valence-electron chi connectivity index (χ3n) is 6.60. The highest BCUT2D eigenvalue weighted by molar-refractivity contribution is 5.02. The molecule has 2 fully saturated rings. The van der Waals surface area contributed by atoms with Gasteiger partial charge in [-0.05, 0) is 63.2 Å². The summed E-state index contributed by atoms with van der Waals surface area (Å²) in [5.74, 6) is 1.79. The van der Waals surface area contributed by atoms with Crippen molar-refractivity contribution >= 4 is 0 Å². The van der Waals surface area contributed by atoms with E-state index in [0.29, 0.717) is 12.7 Å². The summed E-state index contributed by atoms with van der Waals surface area (Å²) in [5, 5.41) is 9.75. The van der Waals surface area contributed by atoms with E-state index in [1.807, 2.05) is 0 Å². The molecule has 0 aromatic rings. The van der Waals surface area contributed by atoms with Gasteiger partial charge in [-0.3, -0.25) is 0 Å². The molecule has 0 unspecified atom stereocenters. The molecule has 2 heteroatoms. The molecule has 0 aromatic heterocycles. The van der Waals surface area contributed by atoms with Crippen LogP contribution >= 0.6 is 0 Å². The van der Waals surface area contributed by atoms with Crippen molar-refractivity contribution < 1.29 is 4.74 Å². The molecule has 138 valence electrons. The first-order chi connectivity index (χ1) is 11.7. The van der Waals surface area contributed by atoms with E-state index in [0.717, 1.165) is 24.7 Å². The van der Waals surface area contributed by atoms with Gasteiger partial charge in [0.2, 0.25) is 0 Å². The molecule has 0 saturated heterocycles. The van der Waals surface area contributed by atoms with E-state index >= 15 is 0 Å². The van der Waals surface area contributed by atoms with Crippen LogP contribution in [0.15, 0.2) is 0 Å². The van der Waals surface area contributed by atoms with E-state index in [2.05, 4.69) is 19.9 Å². The first-order valence-corrected chi connectivity index (χ1v) is 10.7. The number of unbranched alkanes of at least 4 members (excludes halogenated alkanes) is 2. The zero-order valence-electron chi connectivity index (χ0n) is 16.2. The van der Waals surface area contributed by atoms with Crippen LogP contribution < -0.4 is 0 Å². The molecule has 0 atom stereocenters. The molecule has 0 amide bonds. The van der Waals surface area contributed by atoms with Crippen LogP contribution in [0.1, 0.15) is 104 Å². The number of nitrogens with zero attached hydrogens (tertiary/aromatic N) is 1. The van der Waals surface area contributed by atoms with Crippen molar-refractivity contribution in [2.24, 2.45) is 17.3 Å². The van der Waals surface area contributed by atoms with Crippen LogP contribution in [-0.2, 0) is 4.74 Å². The Labute approximate surface area is 150 Å². The Morgan fingerprint density at radius 3 is 2.12 bits per heavy atom. The molecular formula is C22H39NO.